The molecular weight excluding hydrogens is 767 g/mol. The molecule has 0 spiro atoms. The summed E-state index contributed by atoms with van der Waals surface area (Å²) >= 11 is 0. The van der Waals surface area contributed by atoms with Crippen LogP contribution in [0.3, 0.4) is 0 Å². The van der Waals surface area contributed by atoms with Gasteiger partial charge >= 0.3 is 0 Å². The first kappa shape index (κ1) is 34.6. The monoisotopic (exact) mass is 803 g/mol. The summed E-state index contributed by atoms with van der Waals surface area (Å²) in [7, 11) is 0. The van der Waals surface area contributed by atoms with Crippen LogP contribution in [0.1, 0.15) is 25.0 Å². The lowest BCUT2D eigenvalue weighted by Crippen LogP contribution is -2.16. The number of benzene rings is 9. The minimum Gasteiger partial charge on any atom is -0.456 e. The van der Waals surface area contributed by atoms with E-state index in [1.54, 1.807) is 0 Å². The van der Waals surface area contributed by atoms with E-state index in [4.69, 9.17) is 14.4 Å². The molecule has 0 radical (unpaired) electrons. The van der Waals surface area contributed by atoms with E-state index >= 15 is 0 Å². The van der Waals surface area contributed by atoms with Gasteiger partial charge in [0.2, 0.25) is 0 Å². The van der Waals surface area contributed by atoms with Gasteiger partial charge in [0.25, 0.3) is 0 Å². The third-order valence-electron chi connectivity index (χ3n) is 14.0. The summed E-state index contributed by atoms with van der Waals surface area (Å²) in [6, 6.07) is 66.3. The predicted molar refractivity (Wildman–Crippen MR) is 262 cm³/mol. The van der Waals surface area contributed by atoms with Crippen LogP contribution in [0.25, 0.3) is 126 Å². The highest BCUT2D eigenvalue weighted by Crippen LogP contribution is 2.55. The summed E-state index contributed by atoms with van der Waals surface area (Å²) in [5, 5.41) is 11.7. The molecule has 0 amide bonds. The van der Waals surface area contributed by atoms with E-state index < -0.39 is 0 Å². The van der Waals surface area contributed by atoms with Crippen LogP contribution in [0.2, 0.25) is 0 Å². The van der Waals surface area contributed by atoms with Crippen molar-refractivity contribution in [3.8, 4) is 39.2 Å². The summed E-state index contributed by atoms with van der Waals surface area (Å²) in [5.41, 5.74) is 16.8. The van der Waals surface area contributed by atoms with E-state index in [0.29, 0.717) is 0 Å². The average Bonchev–Trinajstić information content (AvgIpc) is 3.95. The Hall–Kier alpha value is -8.08. The predicted octanol–water partition coefficient (Wildman–Crippen LogP) is 15.7. The summed E-state index contributed by atoms with van der Waals surface area (Å²) in [6.45, 7) is 4.83. The van der Waals surface area contributed by atoms with Crippen molar-refractivity contribution in [2.75, 3.05) is 0 Å². The summed E-state index contributed by atoms with van der Waals surface area (Å²) < 4.78 is 8.79. The fraction of sp³-hybridized carbons (Fsp3) is 0.0508. The molecule has 294 valence electrons. The Morgan fingerprint density at radius 1 is 0.476 bits per heavy atom. The zero-order valence-corrected chi connectivity index (χ0v) is 34.6. The van der Waals surface area contributed by atoms with Crippen LogP contribution in [0.5, 0.6) is 0 Å². The first-order valence-electron chi connectivity index (χ1n) is 21.7. The molecule has 0 N–H and O–H groups in total. The van der Waals surface area contributed by atoms with E-state index in [9.17, 15) is 0 Å². The molecule has 63 heavy (non-hydrogen) atoms. The molecule has 4 aromatic heterocycles. The van der Waals surface area contributed by atoms with Crippen LogP contribution in [0, 0.1) is 0 Å². The van der Waals surface area contributed by atoms with Crippen LogP contribution in [0.15, 0.2) is 193 Å². The van der Waals surface area contributed by atoms with Crippen LogP contribution >= 0.6 is 0 Å². The number of para-hydroxylation sites is 2. The number of furan rings is 1. The Labute approximate surface area is 362 Å². The van der Waals surface area contributed by atoms with E-state index in [2.05, 4.69) is 188 Å². The maximum atomic E-state index is 6.29. The molecule has 0 bridgehead atoms. The SMILES string of the molecule is CC1(C)c2cc(-c3c4ccccc4c(-c4ccc5ccc6cccnc6c5n4)c4ccccc34)ccc2-c2ccc3c4ccccc4n(-c4ccc5oc6ccccc6c5c4)c3c21. The summed E-state index contributed by atoms with van der Waals surface area (Å²) in [4.78, 5) is 10.2. The molecule has 0 unspecified atom stereocenters. The summed E-state index contributed by atoms with van der Waals surface area (Å²) in [6.07, 6.45) is 1.86. The van der Waals surface area contributed by atoms with Crippen LogP contribution < -0.4 is 0 Å². The number of nitrogens with zero attached hydrogens (tertiary/aromatic N) is 3. The first-order valence-corrected chi connectivity index (χ1v) is 21.7. The van der Waals surface area contributed by atoms with Crippen molar-refractivity contribution in [3.05, 3.63) is 199 Å². The molecule has 1 aliphatic carbocycles. The fourth-order valence-electron chi connectivity index (χ4n) is 11.2. The van der Waals surface area contributed by atoms with Gasteiger partial charge < -0.3 is 8.98 Å². The van der Waals surface area contributed by atoms with Gasteiger partial charge in [0, 0.05) is 55.2 Å². The molecule has 0 saturated carbocycles. The quantitative estimate of drug-likeness (QED) is 0.132. The Bertz CT molecular complexity index is 4070. The fourth-order valence-corrected chi connectivity index (χ4v) is 11.2. The number of pyridine rings is 2. The Morgan fingerprint density at radius 3 is 1.92 bits per heavy atom. The highest BCUT2D eigenvalue weighted by Gasteiger charge is 2.39. The van der Waals surface area contributed by atoms with Crippen LogP contribution in [-0.2, 0) is 5.41 Å². The van der Waals surface area contributed by atoms with Gasteiger partial charge in [-0.25, -0.2) is 4.98 Å². The number of rotatable bonds is 3. The molecule has 1 aliphatic rings. The van der Waals surface area contributed by atoms with E-state index in [0.717, 1.165) is 60.7 Å². The van der Waals surface area contributed by atoms with Crippen molar-refractivity contribution in [1.82, 2.24) is 14.5 Å². The second-order valence-electron chi connectivity index (χ2n) is 17.7. The highest BCUT2D eigenvalue weighted by atomic mass is 16.3. The molecule has 0 fully saturated rings. The topological polar surface area (TPSA) is 43.9 Å². The van der Waals surface area contributed by atoms with Crippen LogP contribution in [0.4, 0.5) is 0 Å². The molecule has 13 aromatic rings. The Morgan fingerprint density at radius 2 is 1.13 bits per heavy atom. The van der Waals surface area contributed by atoms with Crippen molar-refractivity contribution in [1.29, 1.82) is 0 Å². The van der Waals surface area contributed by atoms with Gasteiger partial charge in [0.05, 0.1) is 27.8 Å². The standard InChI is InChI=1S/C59H37N3O/c1-59(2)48-32-36(53-41-15-3-5-17-43(41)54(44-18-6-4-16-42(44)53)49-29-24-35-22-21-34-12-11-31-60-56(34)57(35)61-49)23-26-38(48)45-27-28-46-39-13-7-9-19-50(39)62(58(46)55(45)59)37-25-30-52-47(33-37)40-14-8-10-20-51(40)63-52/h3-33H,1-2H3. The van der Waals surface area contributed by atoms with Crippen molar-refractivity contribution in [2.24, 2.45) is 0 Å². The maximum Gasteiger partial charge on any atom is 0.135 e. The normalized spacial score (nSPS) is 13.4. The molecule has 14 rings (SSSR count). The van der Waals surface area contributed by atoms with Gasteiger partial charge in [-0.1, -0.05) is 147 Å². The third kappa shape index (κ3) is 4.70. The molecule has 9 aromatic carbocycles. The number of hydrogen-bond acceptors (Lipinski definition) is 3. The third-order valence-corrected chi connectivity index (χ3v) is 14.0. The minimum atomic E-state index is -0.309. The lowest BCUT2D eigenvalue weighted by atomic mass is 9.80. The van der Waals surface area contributed by atoms with Gasteiger partial charge in [-0.15, -0.1) is 0 Å². The van der Waals surface area contributed by atoms with Crippen molar-refractivity contribution < 1.29 is 4.42 Å². The zero-order chi connectivity index (χ0) is 41.6. The van der Waals surface area contributed by atoms with Crippen molar-refractivity contribution in [2.45, 2.75) is 19.3 Å². The molecule has 4 heteroatoms. The Balaban J connectivity index is 0.988. The molecule has 0 aliphatic heterocycles. The van der Waals surface area contributed by atoms with Gasteiger partial charge in [0.1, 0.15) is 11.2 Å². The smallest absolute Gasteiger partial charge is 0.135 e. The lowest BCUT2D eigenvalue weighted by molar-refractivity contribution is 0.664. The minimum absolute atomic E-state index is 0.309. The Kier molecular flexibility index (Phi) is 6.87. The van der Waals surface area contributed by atoms with Gasteiger partial charge in [0.15, 0.2) is 0 Å². The maximum absolute atomic E-state index is 6.29. The lowest BCUT2D eigenvalue weighted by Gasteiger charge is -2.24. The van der Waals surface area contributed by atoms with E-state index in [1.807, 2.05) is 18.3 Å². The van der Waals surface area contributed by atoms with Gasteiger partial charge in [-0.3, -0.25) is 4.98 Å². The molecule has 4 heterocycles. The van der Waals surface area contributed by atoms with Crippen molar-refractivity contribution >= 4 is 87.1 Å². The second-order valence-corrected chi connectivity index (χ2v) is 17.7. The van der Waals surface area contributed by atoms with Crippen molar-refractivity contribution in [3.63, 3.8) is 0 Å². The second kappa shape index (κ2) is 12.5. The molecular formula is C59H37N3O. The average molecular weight is 804 g/mol. The van der Waals surface area contributed by atoms with E-state index in [1.165, 1.54) is 76.7 Å². The van der Waals surface area contributed by atoms with E-state index in [-0.39, 0.29) is 5.41 Å². The summed E-state index contributed by atoms with van der Waals surface area (Å²) in [5.74, 6) is 0. The number of aromatic nitrogens is 3. The molecule has 0 atom stereocenters. The van der Waals surface area contributed by atoms with Gasteiger partial charge in [-0.2, -0.15) is 0 Å². The molecule has 0 saturated heterocycles. The van der Waals surface area contributed by atoms with Gasteiger partial charge in [-0.05, 0) is 103 Å². The van der Waals surface area contributed by atoms with Crippen LogP contribution in [-0.4, -0.2) is 14.5 Å². The number of hydrogen-bond donors (Lipinski definition) is 0. The first-order chi connectivity index (χ1) is 31.0. The highest BCUT2D eigenvalue weighted by molar-refractivity contribution is 6.22. The largest absolute Gasteiger partial charge is 0.456 e. The number of fused-ring (bicyclic) bond motifs is 15. The zero-order valence-electron chi connectivity index (χ0n) is 34.6. The molecule has 4 nitrogen and oxygen atoms in total.